The van der Waals surface area contributed by atoms with E-state index in [0.717, 1.165) is 17.5 Å². The fourth-order valence-corrected chi connectivity index (χ4v) is 5.47. The molecule has 33 heavy (non-hydrogen) atoms. The van der Waals surface area contributed by atoms with E-state index in [4.69, 9.17) is 4.74 Å². The van der Waals surface area contributed by atoms with E-state index >= 15 is 0 Å². The molecular formula is C26H26N2O5. The van der Waals surface area contributed by atoms with Gasteiger partial charge in [0.1, 0.15) is 6.61 Å². The van der Waals surface area contributed by atoms with E-state index in [9.17, 15) is 19.5 Å². The van der Waals surface area contributed by atoms with Gasteiger partial charge in [0.15, 0.2) is 0 Å². The number of carbonyl (C=O) groups is 3. The topological polar surface area (TPSA) is 95.9 Å². The molecule has 6 rings (SSSR count). The molecule has 2 heterocycles. The largest absolute Gasteiger partial charge is 0.481 e. The zero-order valence-corrected chi connectivity index (χ0v) is 18.4. The molecule has 2 bridgehead atoms. The quantitative estimate of drug-likeness (QED) is 0.663. The summed E-state index contributed by atoms with van der Waals surface area (Å²) in [4.78, 5) is 37.9. The summed E-state index contributed by atoms with van der Waals surface area (Å²) in [5, 5.41) is 12.0. The van der Waals surface area contributed by atoms with E-state index in [1.807, 2.05) is 24.3 Å². The number of nitrogens with zero attached hydrogens (tertiary/aromatic N) is 1. The zero-order chi connectivity index (χ0) is 23.1. The molecule has 3 unspecified atom stereocenters. The van der Waals surface area contributed by atoms with Crippen LogP contribution in [-0.4, -0.2) is 53.7 Å². The third-order valence-corrected chi connectivity index (χ3v) is 7.18. The van der Waals surface area contributed by atoms with Crippen molar-refractivity contribution in [1.29, 1.82) is 0 Å². The Labute approximate surface area is 192 Å². The molecule has 0 aromatic heterocycles. The number of aliphatic carboxylic acids is 1. The van der Waals surface area contributed by atoms with Crippen molar-refractivity contribution in [2.24, 2.45) is 11.8 Å². The summed E-state index contributed by atoms with van der Waals surface area (Å²) >= 11 is 0. The lowest BCUT2D eigenvalue weighted by Crippen LogP contribution is -2.45. The Hall–Kier alpha value is -3.61. The van der Waals surface area contributed by atoms with Gasteiger partial charge in [-0.2, -0.15) is 0 Å². The molecule has 2 aliphatic heterocycles. The number of ether oxygens (including phenoxy) is 1. The van der Waals surface area contributed by atoms with Crippen molar-refractivity contribution >= 4 is 18.0 Å². The molecule has 170 valence electrons. The smallest absolute Gasteiger partial charge is 0.407 e. The van der Waals surface area contributed by atoms with Crippen molar-refractivity contribution in [3.05, 3.63) is 71.3 Å². The summed E-state index contributed by atoms with van der Waals surface area (Å²) in [6.45, 7) is 2.58. The van der Waals surface area contributed by atoms with Crippen molar-refractivity contribution in [1.82, 2.24) is 10.2 Å². The highest BCUT2D eigenvalue weighted by Gasteiger charge is 2.57. The van der Waals surface area contributed by atoms with Crippen LogP contribution in [0.5, 0.6) is 0 Å². The molecule has 2 N–H and O–H groups in total. The molecule has 3 atom stereocenters. The number of nitrogens with one attached hydrogen (secondary N) is 1. The highest BCUT2D eigenvalue weighted by Crippen LogP contribution is 2.47. The number of carboxylic acid groups (broad SMARTS) is 1. The van der Waals surface area contributed by atoms with Crippen LogP contribution in [0, 0.1) is 11.8 Å². The van der Waals surface area contributed by atoms with Gasteiger partial charge < -0.3 is 20.1 Å². The number of rotatable bonds is 6. The molecule has 2 amide bonds. The molecule has 2 aliphatic carbocycles. The molecule has 4 aliphatic rings. The van der Waals surface area contributed by atoms with Gasteiger partial charge in [-0.05, 0) is 41.5 Å². The summed E-state index contributed by atoms with van der Waals surface area (Å²) in [6.07, 6.45) is 1.87. The summed E-state index contributed by atoms with van der Waals surface area (Å²) in [6, 6.07) is 16.1. The Morgan fingerprint density at radius 3 is 2.33 bits per heavy atom. The first-order valence-electron chi connectivity index (χ1n) is 11.2. The Balaban J connectivity index is 1.14. The molecule has 3 fully saturated rings. The molecule has 0 spiro atoms. The molecule has 7 nitrogen and oxygen atoms in total. The van der Waals surface area contributed by atoms with E-state index in [1.54, 1.807) is 17.9 Å². The van der Waals surface area contributed by atoms with E-state index < -0.39 is 18.0 Å². The van der Waals surface area contributed by atoms with E-state index in [1.165, 1.54) is 11.1 Å². The number of hydrogen-bond donors (Lipinski definition) is 2. The standard InChI is InChI=1S/C26H26N2O5/c1-15(24(29)28-13-16-12-22(28)23(16)25(30)31)10-11-27-26(32)33-14-21-19-8-4-2-6-17(19)18-7-3-5-9-20(18)21/h2-10,16,21-23H,11-14H2,1H3,(H,27,32)(H,30,31)/b15-10+. The first-order valence-corrected chi connectivity index (χ1v) is 11.2. The van der Waals surface area contributed by atoms with Crippen molar-refractivity contribution in [2.45, 2.75) is 25.3 Å². The Morgan fingerprint density at radius 1 is 1.09 bits per heavy atom. The van der Waals surface area contributed by atoms with Crippen molar-refractivity contribution in [3.8, 4) is 11.1 Å². The second kappa shape index (κ2) is 8.39. The summed E-state index contributed by atoms with van der Waals surface area (Å²) in [5.74, 6) is -1.39. The van der Waals surface area contributed by atoms with Gasteiger partial charge in [-0.3, -0.25) is 9.59 Å². The van der Waals surface area contributed by atoms with Gasteiger partial charge >= 0.3 is 12.1 Å². The first kappa shape index (κ1) is 21.2. The first-order chi connectivity index (χ1) is 16.0. The van der Waals surface area contributed by atoms with Crippen LogP contribution in [0.4, 0.5) is 4.79 Å². The summed E-state index contributed by atoms with van der Waals surface area (Å²) in [5.41, 5.74) is 5.13. The van der Waals surface area contributed by atoms with Crippen LogP contribution in [0.1, 0.15) is 30.4 Å². The van der Waals surface area contributed by atoms with Crippen LogP contribution in [0.2, 0.25) is 0 Å². The van der Waals surface area contributed by atoms with Crippen LogP contribution in [0.15, 0.2) is 60.2 Å². The number of carboxylic acids is 1. The Morgan fingerprint density at radius 2 is 1.73 bits per heavy atom. The zero-order valence-electron chi connectivity index (χ0n) is 18.4. The Kier molecular flexibility index (Phi) is 5.40. The van der Waals surface area contributed by atoms with Gasteiger partial charge in [-0.25, -0.2) is 4.79 Å². The molecule has 0 radical (unpaired) electrons. The van der Waals surface area contributed by atoms with Crippen LogP contribution < -0.4 is 5.32 Å². The van der Waals surface area contributed by atoms with Crippen LogP contribution in [0.25, 0.3) is 11.1 Å². The van der Waals surface area contributed by atoms with E-state index in [-0.39, 0.29) is 36.9 Å². The van der Waals surface area contributed by atoms with Gasteiger partial charge in [-0.15, -0.1) is 0 Å². The Bertz CT molecular complexity index is 1110. The second-order valence-electron chi connectivity index (χ2n) is 8.98. The maximum absolute atomic E-state index is 12.7. The number of hydrogen-bond acceptors (Lipinski definition) is 4. The molecule has 7 heteroatoms. The minimum absolute atomic E-state index is 0.00848. The number of benzene rings is 2. The van der Waals surface area contributed by atoms with E-state index in [0.29, 0.717) is 12.1 Å². The molecule has 2 saturated heterocycles. The summed E-state index contributed by atoms with van der Waals surface area (Å²) in [7, 11) is 0. The van der Waals surface area contributed by atoms with Crippen LogP contribution in [-0.2, 0) is 14.3 Å². The minimum Gasteiger partial charge on any atom is -0.481 e. The van der Waals surface area contributed by atoms with Crippen LogP contribution >= 0.6 is 0 Å². The SMILES string of the molecule is C/C(=C\CNC(=O)OCC1c2ccccc2-c2ccccc21)C(=O)N1CC2CC1C2C(=O)O. The predicted molar refractivity (Wildman–Crippen MR) is 122 cm³/mol. The maximum Gasteiger partial charge on any atom is 0.407 e. The fourth-order valence-electron chi connectivity index (χ4n) is 5.47. The third kappa shape index (κ3) is 3.67. The average molecular weight is 447 g/mol. The highest BCUT2D eigenvalue weighted by molar-refractivity contribution is 5.94. The van der Waals surface area contributed by atoms with E-state index in [2.05, 4.69) is 29.6 Å². The van der Waals surface area contributed by atoms with Crippen molar-refractivity contribution < 1.29 is 24.2 Å². The molecular weight excluding hydrogens is 420 g/mol. The molecule has 2 aromatic carbocycles. The van der Waals surface area contributed by atoms with Crippen molar-refractivity contribution in [3.63, 3.8) is 0 Å². The predicted octanol–water partition coefficient (Wildman–Crippen LogP) is 3.40. The maximum atomic E-state index is 12.7. The average Bonchev–Trinajstić information content (AvgIpc) is 3.48. The third-order valence-electron chi connectivity index (χ3n) is 7.18. The monoisotopic (exact) mass is 446 g/mol. The van der Waals surface area contributed by atoms with Gasteiger partial charge in [0, 0.05) is 30.6 Å². The fraction of sp³-hybridized carbons (Fsp3) is 0.346. The number of alkyl carbamates (subject to hydrolysis) is 1. The van der Waals surface area contributed by atoms with Gasteiger partial charge in [0.05, 0.1) is 5.92 Å². The number of fused-ring (bicyclic) bond motifs is 4. The van der Waals surface area contributed by atoms with Gasteiger partial charge in [-0.1, -0.05) is 54.6 Å². The van der Waals surface area contributed by atoms with Crippen LogP contribution in [0.3, 0.4) is 0 Å². The normalized spacial score (nSPS) is 22.9. The minimum atomic E-state index is -0.829. The van der Waals surface area contributed by atoms with Gasteiger partial charge in [0.2, 0.25) is 5.91 Å². The van der Waals surface area contributed by atoms with Crippen molar-refractivity contribution in [2.75, 3.05) is 19.7 Å². The number of amides is 2. The molecule has 1 saturated carbocycles. The highest BCUT2D eigenvalue weighted by atomic mass is 16.5. The number of carbonyl (C=O) groups excluding carboxylic acids is 2. The molecule has 2 aromatic rings. The lowest BCUT2D eigenvalue weighted by molar-refractivity contribution is -0.148. The lowest BCUT2D eigenvalue weighted by atomic mass is 9.74. The summed E-state index contributed by atoms with van der Waals surface area (Å²) < 4.78 is 5.51. The second-order valence-corrected chi connectivity index (χ2v) is 8.98. The lowest BCUT2D eigenvalue weighted by Gasteiger charge is -2.33. The van der Waals surface area contributed by atoms with Gasteiger partial charge in [0.25, 0.3) is 0 Å².